The molecule has 0 radical (unpaired) electrons. The number of pyridine rings is 1. The van der Waals surface area contributed by atoms with Gasteiger partial charge in [0, 0.05) is 24.8 Å². The highest BCUT2D eigenvalue weighted by Gasteiger charge is 2.24. The van der Waals surface area contributed by atoms with Gasteiger partial charge in [-0.15, -0.1) is 0 Å². The van der Waals surface area contributed by atoms with Crippen molar-refractivity contribution in [1.29, 1.82) is 0 Å². The molecule has 0 unspecified atom stereocenters. The van der Waals surface area contributed by atoms with Crippen molar-refractivity contribution in [1.82, 2.24) is 15.0 Å². The van der Waals surface area contributed by atoms with E-state index >= 15 is 0 Å². The van der Waals surface area contributed by atoms with Crippen LogP contribution in [0.15, 0.2) is 48.8 Å². The molecule has 1 aliphatic rings. The highest BCUT2D eigenvalue weighted by Crippen LogP contribution is 2.38. The van der Waals surface area contributed by atoms with Crippen molar-refractivity contribution in [3.63, 3.8) is 0 Å². The number of ether oxygens (including phenoxy) is 3. The minimum Gasteiger partial charge on any atom is -0.497 e. The molecule has 3 heterocycles. The molecule has 1 fully saturated rings. The van der Waals surface area contributed by atoms with Crippen molar-refractivity contribution in [2.24, 2.45) is 0 Å². The molecule has 0 atom stereocenters. The Morgan fingerprint density at radius 3 is 2.74 bits per heavy atom. The molecule has 0 bridgehead atoms. The summed E-state index contributed by atoms with van der Waals surface area (Å²) in [6.07, 6.45) is 1.77. The van der Waals surface area contributed by atoms with Crippen LogP contribution in [-0.2, 0) is 4.74 Å². The lowest BCUT2D eigenvalue weighted by molar-refractivity contribution is 0.122. The first-order chi connectivity index (χ1) is 15.1. The van der Waals surface area contributed by atoms with E-state index in [4.69, 9.17) is 14.2 Å². The van der Waals surface area contributed by atoms with Crippen LogP contribution in [0.3, 0.4) is 0 Å². The topological polar surface area (TPSA) is 119 Å². The zero-order valence-corrected chi connectivity index (χ0v) is 16.8. The van der Waals surface area contributed by atoms with Crippen molar-refractivity contribution in [3.05, 3.63) is 48.8 Å². The van der Waals surface area contributed by atoms with Gasteiger partial charge in [0.25, 0.3) is 0 Å². The van der Waals surface area contributed by atoms with E-state index in [0.717, 1.165) is 0 Å². The molecular formula is C21H21N5O5. The lowest BCUT2D eigenvalue weighted by Gasteiger charge is -2.28. The molecule has 0 amide bonds. The molecule has 1 aliphatic heterocycles. The van der Waals surface area contributed by atoms with Crippen molar-refractivity contribution >= 4 is 23.6 Å². The number of rotatable bonds is 6. The molecule has 4 rings (SSSR count). The number of morpholine rings is 1. The summed E-state index contributed by atoms with van der Waals surface area (Å²) in [4.78, 5) is 26.8. The molecule has 10 heteroatoms. The fourth-order valence-corrected chi connectivity index (χ4v) is 3.15. The number of aromatic nitrogens is 3. The molecule has 0 saturated carbocycles. The second-order valence-electron chi connectivity index (χ2n) is 6.62. The number of hydrogen-bond acceptors (Lipinski definition) is 9. The lowest BCUT2D eigenvalue weighted by atomic mass is 10.1. The van der Waals surface area contributed by atoms with Crippen LogP contribution in [0.1, 0.15) is 0 Å². The maximum atomic E-state index is 11.5. The fourth-order valence-electron chi connectivity index (χ4n) is 3.15. The van der Waals surface area contributed by atoms with E-state index < -0.39 is 6.16 Å². The molecule has 10 nitrogen and oxygen atoms in total. The molecule has 1 aromatic carbocycles. The third-order valence-electron chi connectivity index (χ3n) is 4.60. The number of hydrogen-bond donors (Lipinski definition) is 2. The third-order valence-corrected chi connectivity index (χ3v) is 4.60. The van der Waals surface area contributed by atoms with Crippen LogP contribution in [-0.4, -0.2) is 59.6 Å². The van der Waals surface area contributed by atoms with Gasteiger partial charge in [0.15, 0.2) is 5.82 Å². The van der Waals surface area contributed by atoms with Gasteiger partial charge in [-0.1, -0.05) is 12.1 Å². The minimum atomic E-state index is -1.47. The first-order valence-corrected chi connectivity index (χ1v) is 9.61. The van der Waals surface area contributed by atoms with Gasteiger partial charge >= 0.3 is 6.16 Å². The normalized spacial score (nSPS) is 13.5. The molecule has 1 saturated heterocycles. The number of nitrogens with one attached hydrogen (secondary N) is 1. The van der Waals surface area contributed by atoms with Gasteiger partial charge in [0.05, 0.1) is 32.2 Å². The Bertz CT molecular complexity index is 1060. The first kappa shape index (κ1) is 20.4. The fraction of sp³-hybridized carbons (Fsp3) is 0.238. The van der Waals surface area contributed by atoms with Crippen LogP contribution in [0.2, 0.25) is 0 Å². The van der Waals surface area contributed by atoms with E-state index in [0.29, 0.717) is 54.9 Å². The van der Waals surface area contributed by atoms with Gasteiger partial charge in [-0.3, -0.25) is 4.98 Å². The minimum absolute atomic E-state index is 0.0124. The maximum absolute atomic E-state index is 11.5. The van der Waals surface area contributed by atoms with Gasteiger partial charge in [-0.25, -0.2) is 9.78 Å². The number of methoxy groups -OCH3 is 1. The molecule has 3 aromatic rings. The van der Waals surface area contributed by atoms with Gasteiger partial charge in [0.2, 0.25) is 11.7 Å². The monoisotopic (exact) mass is 423 g/mol. The Morgan fingerprint density at radius 2 is 2.03 bits per heavy atom. The predicted molar refractivity (Wildman–Crippen MR) is 113 cm³/mol. The summed E-state index contributed by atoms with van der Waals surface area (Å²) in [6.45, 7) is 2.33. The second-order valence-corrected chi connectivity index (χ2v) is 6.62. The van der Waals surface area contributed by atoms with Crippen LogP contribution in [0.5, 0.6) is 11.5 Å². The maximum Gasteiger partial charge on any atom is 0.511 e. The van der Waals surface area contributed by atoms with Crippen molar-refractivity contribution in [2.75, 3.05) is 43.6 Å². The molecule has 2 N–H and O–H groups in total. The van der Waals surface area contributed by atoms with E-state index in [1.807, 2.05) is 4.90 Å². The van der Waals surface area contributed by atoms with Gasteiger partial charge in [0.1, 0.15) is 11.4 Å². The third kappa shape index (κ3) is 4.81. The zero-order valence-electron chi connectivity index (χ0n) is 16.8. The Morgan fingerprint density at radius 1 is 1.19 bits per heavy atom. The van der Waals surface area contributed by atoms with E-state index in [9.17, 15) is 9.90 Å². The van der Waals surface area contributed by atoms with E-state index in [1.54, 1.807) is 55.9 Å². The predicted octanol–water partition coefficient (Wildman–Crippen LogP) is 3.18. The second kappa shape index (κ2) is 9.26. The van der Waals surface area contributed by atoms with Crippen molar-refractivity contribution in [3.8, 4) is 22.8 Å². The standard InChI is InChI=1S/C21H21N5O5/c1-29-16-6-2-4-14(12-16)17-18(31-21(27)28)19(23-15-5-3-7-22-13-15)25-20(24-17)26-8-10-30-11-9-26/h2-7,12-13H,8-11H2,1H3,(H,27,28)(H,23,24,25). The van der Waals surface area contributed by atoms with Gasteiger partial charge in [-0.05, 0) is 24.3 Å². The Balaban J connectivity index is 1.88. The number of carboxylic acid groups (broad SMARTS) is 1. The summed E-state index contributed by atoms with van der Waals surface area (Å²) in [5, 5.41) is 12.5. The Kier molecular flexibility index (Phi) is 6.08. The summed E-state index contributed by atoms with van der Waals surface area (Å²) in [5.41, 5.74) is 1.58. The van der Waals surface area contributed by atoms with Crippen LogP contribution >= 0.6 is 0 Å². The largest absolute Gasteiger partial charge is 0.511 e. The molecular weight excluding hydrogens is 402 g/mol. The average Bonchev–Trinajstić information content (AvgIpc) is 2.81. The van der Waals surface area contributed by atoms with Crippen molar-refractivity contribution < 1.29 is 24.1 Å². The van der Waals surface area contributed by atoms with Gasteiger partial charge < -0.3 is 29.5 Å². The highest BCUT2D eigenvalue weighted by molar-refractivity contribution is 5.80. The number of nitrogens with zero attached hydrogens (tertiary/aromatic N) is 4. The zero-order chi connectivity index (χ0) is 21.6. The summed E-state index contributed by atoms with van der Waals surface area (Å²) >= 11 is 0. The number of carbonyl (C=O) groups is 1. The summed E-state index contributed by atoms with van der Waals surface area (Å²) in [5.74, 6) is 1.24. The highest BCUT2D eigenvalue weighted by atomic mass is 16.7. The quantitative estimate of drug-likeness (QED) is 0.572. The van der Waals surface area contributed by atoms with Crippen LogP contribution < -0.4 is 19.7 Å². The number of anilines is 3. The van der Waals surface area contributed by atoms with E-state index in [1.165, 1.54) is 0 Å². The SMILES string of the molecule is COc1cccc(-c2nc(N3CCOCC3)nc(Nc3cccnc3)c2OC(=O)O)c1. The Labute approximate surface area is 178 Å². The molecule has 0 aliphatic carbocycles. The summed E-state index contributed by atoms with van der Waals surface area (Å²) < 4.78 is 15.9. The molecule has 2 aromatic heterocycles. The summed E-state index contributed by atoms with van der Waals surface area (Å²) in [7, 11) is 1.56. The lowest BCUT2D eigenvalue weighted by Crippen LogP contribution is -2.37. The van der Waals surface area contributed by atoms with Crippen LogP contribution in [0, 0.1) is 0 Å². The van der Waals surface area contributed by atoms with Crippen LogP contribution in [0.25, 0.3) is 11.3 Å². The Hall–Kier alpha value is -3.92. The first-order valence-electron chi connectivity index (χ1n) is 9.61. The van der Waals surface area contributed by atoms with Crippen molar-refractivity contribution in [2.45, 2.75) is 0 Å². The van der Waals surface area contributed by atoms with E-state index in [-0.39, 0.29) is 11.6 Å². The van der Waals surface area contributed by atoms with Crippen LogP contribution in [0.4, 0.5) is 22.2 Å². The molecule has 0 spiro atoms. The number of benzene rings is 1. The van der Waals surface area contributed by atoms with Gasteiger partial charge in [-0.2, -0.15) is 4.98 Å². The smallest absolute Gasteiger partial charge is 0.497 e. The molecule has 31 heavy (non-hydrogen) atoms. The average molecular weight is 423 g/mol. The molecule has 160 valence electrons. The summed E-state index contributed by atoms with van der Waals surface area (Å²) in [6, 6.07) is 10.7. The van der Waals surface area contributed by atoms with E-state index in [2.05, 4.69) is 20.3 Å².